The summed E-state index contributed by atoms with van der Waals surface area (Å²) in [5, 5.41) is 2.94. The van der Waals surface area contributed by atoms with E-state index >= 15 is 0 Å². The Balaban J connectivity index is 1.51. The molecular weight excluding hydrogens is 368 g/mol. The molecule has 154 valence electrons. The van der Waals surface area contributed by atoms with E-state index in [1.54, 1.807) is 24.3 Å². The SMILES string of the molecule is CCOc1cccc(CN2CCC(C(=O)Nc3cccc(C(=O)OC)c3)CC2)c1. The summed E-state index contributed by atoms with van der Waals surface area (Å²) in [5.41, 5.74) is 2.26. The van der Waals surface area contributed by atoms with Gasteiger partial charge >= 0.3 is 5.97 Å². The number of nitrogens with zero attached hydrogens (tertiary/aromatic N) is 1. The molecule has 1 amide bonds. The third kappa shape index (κ3) is 5.81. The van der Waals surface area contributed by atoms with Crippen LogP contribution in [0.4, 0.5) is 5.69 Å². The highest BCUT2D eigenvalue weighted by Gasteiger charge is 2.25. The second-order valence-electron chi connectivity index (χ2n) is 7.19. The smallest absolute Gasteiger partial charge is 0.337 e. The van der Waals surface area contributed by atoms with Gasteiger partial charge in [-0.1, -0.05) is 18.2 Å². The Bertz CT molecular complexity index is 844. The second-order valence-corrected chi connectivity index (χ2v) is 7.19. The average Bonchev–Trinajstić information content (AvgIpc) is 2.74. The van der Waals surface area contributed by atoms with Crippen LogP contribution < -0.4 is 10.1 Å². The highest BCUT2D eigenvalue weighted by Crippen LogP contribution is 2.22. The molecule has 6 heteroatoms. The van der Waals surface area contributed by atoms with Gasteiger partial charge in [0, 0.05) is 18.2 Å². The van der Waals surface area contributed by atoms with Gasteiger partial charge in [0.05, 0.1) is 19.3 Å². The largest absolute Gasteiger partial charge is 0.494 e. The fourth-order valence-electron chi connectivity index (χ4n) is 3.60. The fourth-order valence-corrected chi connectivity index (χ4v) is 3.60. The number of hydrogen-bond acceptors (Lipinski definition) is 5. The van der Waals surface area contributed by atoms with Crippen LogP contribution in [0.2, 0.25) is 0 Å². The molecule has 1 aliphatic rings. The molecule has 1 saturated heterocycles. The van der Waals surface area contributed by atoms with Gasteiger partial charge < -0.3 is 14.8 Å². The van der Waals surface area contributed by atoms with Crippen LogP contribution in [-0.2, 0) is 16.1 Å². The maximum absolute atomic E-state index is 12.6. The van der Waals surface area contributed by atoms with E-state index in [-0.39, 0.29) is 11.8 Å². The first-order valence-electron chi connectivity index (χ1n) is 10.0. The van der Waals surface area contributed by atoms with Crippen molar-refractivity contribution < 1.29 is 19.1 Å². The van der Waals surface area contributed by atoms with Crippen molar-refractivity contribution in [3.05, 3.63) is 59.7 Å². The van der Waals surface area contributed by atoms with Crippen molar-refractivity contribution >= 4 is 17.6 Å². The molecule has 0 unspecified atom stereocenters. The van der Waals surface area contributed by atoms with Crippen LogP contribution in [-0.4, -0.2) is 43.6 Å². The van der Waals surface area contributed by atoms with Gasteiger partial charge in [-0.2, -0.15) is 0 Å². The van der Waals surface area contributed by atoms with Gasteiger partial charge in [0.1, 0.15) is 5.75 Å². The Morgan fingerprint density at radius 3 is 2.59 bits per heavy atom. The third-order valence-corrected chi connectivity index (χ3v) is 5.13. The number of methoxy groups -OCH3 is 1. The summed E-state index contributed by atoms with van der Waals surface area (Å²) < 4.78 is 10.3. The Morgan fingerprint density at radius 1 is 1.10 bits per heavy atom. The van der Waals surface area contributed by atoms with Crippen molar-refractivity contribution in [2.75, 3.05) is 32.1 Å². The quantitative estimate of drug-likeness (QED) is 0.723. The van der Waals surface area contributed by atoms with Gasteiger partial charge in [-0.15, -0.1) is 0 Å². The van der Waals surface area contributed by atoms with Gasteiger partial charge in [0.25, 0.3) is 0 Å². The summed E-state index contributed by atoms with van der Waals surface area (Å²) >= 11 is 0. The number of amides is 1. The number of esters is 1. The summed E-state index contributed by atoms with van der Waals surface area (Å²) in [6.07, 6.45) is 1.63. The molecule has 0 saturated carbocycles. The van der Waals surface area contributed by atoms with Crippen LogP contribution in [0.3, 0.4) is 0 Å². The zero-order valence-corrected chi connectivity index (χ0v) is 17.0. The normalized spacial score (nSPS) is 15.0. The van der Waals surface area contributed by atoms with Gasteiger partial charge in [-0.3, -0.25) is 9.69 Å². The number of rotatable bonds is 7. The maximum atomic E-state index is 12.6. The van der Waals surface area contributed by atoms with Crippen molar-refractivity contribution in [3.8, 4) is 5.75 Å². The Hall–Kier alpha value is -2.86. The van der Waals surface area contributed by atoms with E-state index in [0.717, 1.165) is 38.2 Å². The molecule has 0 bridgehead atoms. The Morgan fingerprint density at radius 2 is 1.86 bits per heavy atom. The lowest BCUT2D eigenvalue weighted by Crippen LogP contribution is -2.37. The standard InChI is InChI=1S/C23H28N2O4/c1-3-29-21-9-4-6-17(14-21)16-25-12-10-18(11-13-25)22(26)24-20-8-5-7-19(15-20)23(27)28-2/h4-9,14-15,18H,3,10-13,16H2,1-2H3,(H,24,26). The summed E-state index contributed by atoms with van der Waals surface area (Å²) in [4.78, 5) is 26.7. The molecule has 6 nitrogen and oxygen atoms in total. The fraction of sp³-hybridized carbons (Fsp3) is 0.391. The van der Waals surface area contributed by atoms with Crippen molar-refractivity contribution in [1.29, 1.82) is 0 Å². The van der Waals surface area contributed by atoms with Crippen LogP contribution >= 0.6 is 0 Å². The average molecular weight is 396 g/mol. The van der Waals surface area contributed by atoms with Crippen molar-refractivity contribution in [2.45, 2.75) is 26.3 Å². The van der Waals surface area contributed by atoms with E-state index in [1.165, 1.54) is 12.7 Å². The third-order valence-electron chi connectivity index (χ3n) is 5.13. The van der Waals surface area contributed by atoms with Gasteiger partial charge in [-0.25, -0.2) is 4.79 Å². The molecular formula is C23H28N2O4. The molecule has 0 aliphatic carbocycles. The topological polar surface area (TPSA) is 67.9 Å². The first kappa shape index (κ1) is 20.9. The number of carbonyl (C=O) groups is 2. The summed E-state index contributed by atoms with van der Waals surface area (Å²) in [5.74, 6) is 0.462. The lowest BCUT2D eigenvalue weighted by atomic mass is 9.95. The molecule has 0 aromatic heterocycles. The summed E-state index contributed by atoms with van der Waals surface area (Å²) in [6.45, 7) is 5.25. The highest BCUT2D eigenvalue weighted by atomic mass is 16.5. The molecule has 1 aliphatic heterocycles. The van der Waals surface area contributed by atoms with Crippen molar-refractivity contribution in [2.24, 2.45) is 5.92 Å². The summed E-state index contributed by atoms with van der Waals surface area (Å²) in [6, 6.07) is 15.0. The van der Waals surface area contributed by atoms with E-state index in [4.69, 9.17) is 9.47 Å². The lowest BCUT2D eigenvalue weighted by Gasteiger charge is -2.31. The predicted molar refractivity (Wildman–Crippen MR) is 112 cm³/mol. The number of nitrogens with one attached hydrogen (secondary N) is 1. The molecule has 29 heavy (non-hydrogen) atoms. The van der Waals surface area contributed by atoms with Crippen LogP contribution in [0.15, 0.2) is 48.5 Å². The minimum absolute atomic E-state index is 0.00464. The first-order valence-corrected chi connectivity index (χ1v) is 10.0. The van der Waals surface area contributed by atoms with E-state index in [2.05, 4.69) is 22.3 Å². The molecule has 0 atom stereocenters. The monoisotopic (exact) mass is 396 g/mol. The van der Waals surface area contributed by atoms with E-state index < -0.39 is 5.97 Å². The molecule has 2 aromatic rings. The second kappa shape index (κ2) is 10.1. The Labute approximate surface area is 171 Å². The molecule has 0 spiro atoms. The van der Waals surface area contributed by atoms with Crippen LogP contribution in [0, 0.1) is 5.92 Å². The number of likely N-dealkylation sites (tertiary alicyclic amines) is 1. The number of ether oxygens (including phenoxy) is 2. The molecule has 0 radical (unpaired) electrons. The molecule has 2 aromatic carbocycles. The minimum Gasteiger partial charge on any atom is -0.494 e. The first-order chi connectivity index (χ1) is 14.1. The number of hydrogen-bond donors (Lipinski definition) is 1. The van der Waals surface area contributed by atoms with Gasteiger partial charge in [0.15, 0.2) is 0 Å². The van der Waals surface area contributed by atoms with Gasteiger partial charge in [-0.05, 0) is 68.8 Å². The number of anilines is 1. The molecule has 1 N–H and O–H groups in total. The molecule has 3 rings (SSSR count). The highest BCUT2D eigenvalue weighted by molar-refractivity contribution is 5.95. The van der Waals surface area contributed by atoms with E-state index in [0.29, 0.717) is 17.9 Å². The van der Waals surface area contributed by atoms with Crippen LogP contribution in [0.25, 0.3) is 0 Å². The minimum atomic E-state index is -0.414. The van der Waals surface area contributed by atoms with Crippen molar-refractivity contribution in [1.82, 2.24) is 4.90 Å². The zero-order chi connectivity index (χ0) is 20.6. The van der Waals surface area contributed by atoms with Gasteiger partial charge in [0.2, 0.25) is 5.91 Å². The van der Waals surface area contributed by atoms with Crippen LogP contribution in [0.5, 0.6) is 5.75 Å². The number of piperidine rings is 1. The van der Waals surface area contributed by atoms with Crippen LogP contribution in [0.1, 0.15) is 35.7 Å². The number of carbonyl (C=O) groups excluding carboxylic acids is 2. The predicted octanol–water partition coefficient (Wildman–Crippen LogP) is 3.72. The molecule has 1 heterocycles. The maximum Gasteiger partial charge on any atom is 0.337 e. The lowest BCUT2D eigenvalue weighted by molar-refractivity contribution is -0.121. The van der Waals surface area contributed by atoms with E-state index in [9.17, 15) is 9.59 Å². The Kier molecular flexibility index (Phi) is 7.25. The van der Waals surface area contributed by atoms with E-state index in [1.807, 2.05) is 19.1 Å². The summed E-state index contributed by atoms with van der Waals surface area (Å²) in [7, 11) is 1.34. The number of benzene rings is 2. The van der Waals surface area contributed by atoms with Crippen molar-refractivity contribution in [3.63, 3.8) is 0 Å². The zero-order valence-electron chi connectivity index (χ0n) is 17.0. The molecule has 1 fully saturated rings.